The molecule has 1 fully saturated rings. The number of imidazole rings is 1. The van der Waals surface area contributed by atoms with Crippen LogP contribution in [0.15, 0.2) is 36.7 Å². The summed E-state index contributed by atoms with van der Waals surface area (Å²) < 4.78 is 55.9. The second kappa shape index (κ2) is 10.3. The van der Waals surface area contributed by atoms with Gasteiger partial charge in [-0.05, 0) is 64.0 Å². The Morgan fingerprint density at radius 1 is 1.14 bits per heavy atom. The normalized spacial score (nSPS) is 16.7. The number of anilines is 2. The fourth-order valence-corrected chi connectivity index (χ4v) is 5.31. The molecule has 2 aliphatic heterocycles. The average Bonchev–Trinajstić information content (AvgIpc) is 3.31. The predicted octanol–water partition coefficient (Wildman–Crippen LogP) is 5.41. The third-order valence-corrected chi connectivity index (χ3v) is 7.29. The van der Waals surface area contributed by atoms with Crippen molar-refractivity contribution in [3.63, 3.8) is 0 Å². The molecule has 2 aliphatic rings. The molecular formula is C27H32F4N6. The maximum Gasteiger partial charge on any atom is 0.419 e. The molecule has 0 radical (unpaired) electrons. The third kappa shape index (κ3) is 5.44. The Morgan fingerprint density at radius 2 is 1.92 bits per heavy atom. The van der Waals surface area contributed by atoms with Crippen molar-refractivity contribution in [3.05, 3.63) is 59.4 Å². The smallest absolute Gasteiger partial charge is 0.371 e. The quantitative estimate of drug-likeness (QED) is 0.445. The number of alkyl halides is 3. The number of fused-ring (bicyclic) bond motifs is 1. The second-order valence-corrected chi connectivity index (χ2v) is 10.1. The van der Waals surface area contributed by atoms with E-state index < -0.39 is 17.6 Å². The zero-order chi connectivity index (χ0) is 26.2. The van der Waals surface area contributed by atoms with Crippen molar-refractivity contribution in [2.24, 2.45) is 0 Å². The van der Waals surface area contributed by atoms with Crippen molar-refractivity contribution in [2.45, 2.75) is 44.3 Å². The molecule has 0 amide bonds. The number of piperidine rings is 1. The number of aromatic nitrogens is 3. The van der Waals surface area contributed by atoms with Crippen LogP contribution in [0.25, 0.3) is 11.3 Å². The SMILES string of the molecule is CN(C)CCn1cc(-c2ccc(F)c(C(F)(F)F)c2)nc1C1CCN(c2ccnc3c2CCCN3)CC1. The summed E-state index contributed by atoms with van der Waals surface area (Å²) in [6.45, 7) is 4.13. The van der Waals surface area contributed by atoms with Gasteiger partial charge in [-0.2, -0.15) is 13.2 Å². The van der Waals surface area contributed by atoms with Gasteiger partial charge in [-0.15, -0.1) is 0 Å². The van der Waals surface area contributed by atoms with E-state index in [0.717, 1.165) is 75.6 Å². The zero-order valence-corrected chi connectivity index (χ0v) is 21.2. The molecule has 0 atom stereocenters. The predicted molar refractivity (Wildman–Crippen MR) is 136 cm³/mol. The van der Waals surface area contributed by atoms with Crippen LogP contribution in [0.5, 0.6) is 0 Å². The van der Waals surface area contributed by atoms with Crippen LogP contribution in [-0.4, -0.2) is 59.7 Å². The van der Waals surface area contributed by atoms with Crippen LogP contribution in [0, 0.1) is 5.82 Å². The van der Waals surface area contributed by atoms with E-state index in [2.05, 4.69) is 30.7 Å². The molecule has 6 nitrogen and oxygen atoms in total. The van der Waals surface area contributed by atoms with Crippen LogP contribution >= 0.6 is 0 Å². The minimum Gasteiger partial charge on any atom is -0.371 e. The van der Waals surface area contributed by atoms with Gasteiger partial charge in [-0.1, -0.05) is 0 Å². The molecule has 10 heteroatoms. The molecule has 4 heterocycles. The lowest BCUT2D eigenvalue weighted by molar-refractivity contribution is -0.139. The summed E-state index contributed by atoms with van der Waals surface area (Å²) in [6.07, 6.45) is 2.79. The monoisotopic (exact) mass is 516 g/mol. The van der Waals surface area contributed by atoms with Crippen LogP contribution in [0.2, 0.25) is 0 Å². The minimum atomic E-state index is -4.76. The number of likely N-dealkylation sites (N-methyl/N-ethyl adjacent to an activating group) is 1. The molecule has 1 saturated heterocycles. The highest BCUT2D eigenvalue weighted by Gasteiger charge is 2.35. The van der Waals surface area contributed by atoms with Crippen LogP contribution in [0.1, 0.15) is 42.1 Å². The minimum absolute atomic E-state index is 0.186. The fourth-order valence-electron chi connectivity index (χ4n) is 5.31. The number of nitrogens with one attached hydrogen (secondary N) is 1. The highest BCUT2D eigenvalue weighted by Crippen LogP contribution is 2.37. The summed E-state index contributed by atoms with van der Waals surface area (Å²) in [5.74, 6) is 0.773. The van der Waals surface area contributed by atoms with Crippen LogP contribution in [0.4, 0.5) is 29.1 Å². The second-order valence-electron chi connectivity index (χ2n) is 10.1. The molecule has 0 aliphatic carbocycles. The number of hydrogen-bond acceptors (Lipinski definition) is 5. The zero-order valence-electron chi connectivity index (χ0n) is 21.2. The summed E-state index contributed by atoms with van der Waals surface area (Å²) in [6, 6.07) is 5.20. The molecule has 1 aromatic carbocycles. The first-order valence-electron chi connectivity index (χ1n) is 12.8. The van der Waals surface area contributed by atoms with Crippen molar-refractivity contribution >= 4 is 11.5 Å². The van der Waals surface area contributed by atoms with E-state index >= 15 is 0 Å². The first-order valence-corrected chi connectivity index (χ1v) is 12.8. The van der Waals surface area contributed by atoms with Crippen molar-refractivity contribution in [2.75, 3.05) is 50.5 Å². The van der Waals surface area contributed by atoms with Gasteiger partial charge in [-0.3, -0.25) is 0 Å². The van der Waals surface area contributed by atoms with Gasteiger partial charge in [0.05, 0.1) is 11.3 Å². The number of rotatable bonds is 6. The van der Waals surface area contributed by atoms with E-state index in [1.165, 1.54) is 17.3 Å². The van der Waals surface area contributed by atoms with Crippen LogP contribution in [-0.2, 0) is 19.1 Å². The Kier molecular flexibility index (Phi) is 7.11. The van der Waals surface area contributed by atoms with Crippen LogP contribution in [0.3, 0.4) is 0 Å². The molecule has 198 valence electrons. The van der Waals surface area contributed by atoms with Crippen molar-refractivity contribution in [3.8, 4) is 11.3 Å². The molecule has 0 bridgehead atoms. The highest BCUT2D eigenvalue weighted by atomic mass is 19.4. The Balaban J connectivity index is 1.40. The van der Waals surface area contributed by atoms with Gasteiger partial charge in [0.1, 0.15) is 17.5 Å². The van der Waals surface area contributed by atoms with E-state index in [1.54, 1.807) is 0 Å². The molecule has 0 unspecified atom stereocenters. The summed E-state index contributed by atoms with van der Waals surface area (Å²) in [4.78, 5) is 13.8. The van der Waals surface area contributed by atoms with Gasteiger partial charge in [0.15, 0.2) is 0 Å². The Bertz CT molecular complexity index is 1240. The van der Waals surface area contributed by atoms with E-state index in [9.17, 15) is 17.6 Å². The number of hydrogen-bond donors (Lipinski definition) is 1. The molecule has 1 N–H and O–H groups in total. The first-order chi connectivity index (χ1) is 17.7. The average molecular weight is 517 g/mol. The van der Waals surface area contributed by atoms with Crippen molar-refractivity contribution in [1.82, 2.24) is 19.4 Å². The van der Waals surface area contributed by atoms with E-state index in [0.29, 0.717) is 12.2 Å². The van der Waals surface area contributed by atoms with E-state index in [1.807, 2.05) is 26.5 Å². The molecule has 37 heavy (non-hydrogen) atoms. The Morgan fingerprint density at radius 3 is 2.65 bits per heavy atom. The van der Waals surface area contributed by atoms with Gasteiger partial charge < -0.3 is 19.7 Å². The van der Waals surface area contributed by atoms with Gasteiger partial charge in [-0.25, -0.2) is 14.4 Å². The van der Waals surface area contributed by atoms with Gasteiger partial charge in [0.2, 0.25) is 0 Å². The van der Waals surface area contributed by atoms with Crippen molar-refractivity contribution in [1.29, 1.82) is 0 Å². The summed E-state index contributed by atoms with van der Waals surface area (Å²) in [5.41, 5.74) is 1.96. The number of pyridine rings is 1. The van der Waals surface area contributed by atoms with E-state index in [-0.39, 0.29) is 11.5 Å². The molecule has 0 spiro atoms. The van der Waals surface area contributed by atoms with E-state index in [4.69, 9.17) is 4.98 Å². The topological polar surface area (TPSA) is 49.2 Å². The molecule has 5 rings (SSSR count). The maximum atomic E-state index is 13.9. The highest BCUT2D eigenvalue weighted by molar-refractivity contribution is 5.64. The number of nitrogens with zero attached hydrogens (tertiary/aromatic N) is 5. The Labute approximate surface area is 214 Å². The number of benzene rings is 1. The molecule has 0 saturated carbocycles. The standard InChI is InChI=1S/C27H32F4N6/c1-35(2)14-15-37-17-23(19-5-6-22(28)21(16-19)27(29,30)31)34-26(37)18-8-12-36(13-9-18)24-7-11-33-25-20(24)4-3-10-32-25/h5-7,11,16-18H,3-4,8-10,12-15H2,1-2H3,(H,32,33). The first kappa shape index (κ1) is 25.5. The lowest BCUT2D eigenvalue weighted by atomic mass is 9.94. The summed E-state index contributed by atoms with van der Waals surface area (Å²) >= 11 is 0. The molecular weight excluding hydrogens is 484 g/mol. The van der Waals surface area contributed by atoms with Crippen LogP contribution < -0.4 is 10.2 Å². The van der Waals surface area contributed by atoms with Crippen molar-refractivity contribution < 1.29 is 17.6 Å². The number of halogens is 4. The fraction of sp³-hybridized carbons (Fsp3) is 0.481. The molecule has 2 aromatic heterocycles. The third-order valence-electron chi connectivity index (χ3n) is 7.29. The lowest BCUT2D eigenvalue weighted by Gasteiger charge is -2.35. The summed E-state index contributed by atoms with van der Waals surface area (Å²) in [5, 5.41) is 3.39. The maximum absolute atomic E-state index is 13.9. The van der Waals surface area contributed by atoms with Gasteiger partial charge in [0.25, 0.3) is 0 Å². The summed E-state index contributed by atoms with van der Waals surface area (Å²) in [7, 11) is 3.96. The van der Waals surface area contributed by atoms with Gasteiger partial charge in [0, 0.05) is 67.8 Å². The van der Waals surface area contributed by atoms with Gasteiger partial charge >= 0.3 is 6.18 Å². The molecule has 3 aromatic rings. The largest absolute Gasteiger partial charge is 0.419 e. The Hall–Kier alpha value is -3.14. The lowest BCUT2D eigenvalue weighted by Crippen LogP contribution is -2.35.